The van der Waals surface area contributed by atoms with Gasteiger partial charge in [-0.15, -0.1) is 21.5 Å². The monoisotopic (exact) mass is 484 g/mol. The van der Waals surface area contributed by atoms with Crippen LogP contribution in [0.1, 0.15) is 12.5 Å². The van der Waals surface area contributed by atoms with Crippen LogP contribution in [0.3, 0.4) is 0 Å². The maximum atomic E-state index is 12.6. The summed E-state index contributed by atoms with van der Waals surface area (Å²) in [5.74, 6) is 1.58. The third-order valence-corrected chi connectivity index (χ3v) is 6.86. The van der Waals surface area contributed by atoms with Crippen LogP contribution in [0.5, 0.6) is 5.75 Å². The fourth-order valence-electron chi connectivity index (χ4n) is 3.08. The Morgan fingerprint density at radius 1 is 1.16 bits per heavy atom. The van der Waals surface area contributed by atoms with Gasteiger partial charge in [0.05, 0.1) is 22.9 Å². The van der Waals surface area contributed by atoms with E-state index in [1.54, 1.807) is 17.4 Å². The molecule has 0 aliphatic rings. The Hall–Kier alpha value is -2.81. The van der Waals surface area contributed by atoms with Gasteiger partial charge in [0.15, 0.2) is 11.0 Å². The number of carbonyl (C=O) groups is 1. The minimum absolute atomic E-state index is 0.140. The molecule has 1 amide bonds. The van der Waals surface area contributed by atoms with Gasteiger partial charge in [0.25, 0.3) is 0 Å². The van der Waals surface area contributed by atoms with Crippen LogP contribution in [-0.4, -0.2) is 33.0 Å². The first-order chi connectivity index (χ1) is 15.6. The van der Waals surface area contributed by atoms with Gasteiger partial charge >= 0.3 is 0 Å². The summed E-state index contributed by atoms with van der Waals surface area (Å²) in [6.45, 7) is 4.43. The summed E-state index contributed by atoms with van der Waals surface area (Å²) in [7, 11) is 0. The zero-order chi connectivity index (χ0) is 22.5. The second-order valence-electron chi connectivity index (χ2n) is 6.80. The Morgan fingerprint density at radius 2 is 1.97 bits per heavy atom. The highest BCUT2D eigenvalue weighted by Gasteiger charge is 2.18. The lowest BCUT2D eigenvalue weighted by Gasteiger charge is -2.11. The third kappa shape index (κ3) is 4.98. The third-order valence-electron chi connectivity index (χ3n) is 4.65. The molecule has 0 saturated heterocycles. The standard InChI is InChI=1S/C23H21ClN4O2S2/c1-3-30-17-11-9-16(10-12-17)28-22(20-8-5-13-31-20)26-27-23(28)32-14-21(29)25-19-7-4-6-18(24)15(19)2/h4-13H,3,14H2,1-2H3,(H,25,29). The Kier molecular flexibility index (Phi) is 7.14. The van der Waals surface area contributed by atoms with E-state index in [1.165, 1.54) is 11.8 Å². The van der Waals surface area contributed by atoms with Crippen LogP contribution in [-0.2, 0) is 4.79 Å². The van der Waals surface area contributed by atoms with Crippen molar-refractivity contribution in [3.63, 3.8) is 0 Å². The molecule has 2 heterocycles. The first-order valence-corrected chi connectivity index (χ1v) is 12.2. The molecule has 0 saturated carbocycles. The van der Waals surface area contributed by atoms with Crippen LogP contribution in [0.4, 0.5) is 5.69 Å². The Morgan fingerprint density at radius 3 is 2.69 bits per heavy atom. The van der Waals surface area contributed by atoms with E-state index >= 15 is 0 Å². The molecule has 9 heteroatoms. The molecule has 32 heavy (non-hydrogen) atoms. The van der Waals surface area contributed by atoms with E-state index < -0.39 is 0 Å². The van der Waals surface area contributed by atoms with Crippen molar-refractivity contribution in [3.8, 4) is 22.1 Å². The number of thiophene rings is 1. The lowest BCUT2D eigenvalue weighted by Crippen LogP contribution is -2.15. The molecule has 0 bridgehead atoms. The summed E-state index contributed by atoms with van der Waals surface area (Å²) in [4.78, 5) is 13.6. The smallest absolute Gasteiger partial charge is 0.234 e. The Labute approximate surface area is 199 Å². The highest BCUT2D eigenvalue weighted by Crippen LogP contribution is 2.31. The van der Waals surface area contributed by atoms with Crippen molar-refractivity contribution in [3.05, 3.63) is 70.6 Å². The van der Waals surface area contributed by atoms with Crippen LogP contribution in [0.2, 0.25) is 5.02 Å². The van der Waals surface area contributed by atoms with Crippen LogP contribution in [0.25, 0.3) is 16.4 Å². The molecular weight excluding hydrogens is 464 g/mol. The average Bonchev–Trinajstić information content (AvgIpc) is 3.46. The molecule has 0 radical (unpaired) electrons. The van der Waals surface area contributed by atoms with E-state index in [0.717, 1.165) is 27.7 Å². The fraction of sp³-hybridized carbons (Fsp3) is 0.174. The minimum Gasteiger partial charge on any atom is -0.494 e. The molecule has 2 aromatic carbocycles. The van der Waals surface area contributed by atoms with E-state index in [-0.39, 0.29) is 11.7 Å². The molecular formula is C23H21ClN4O2S2. The summed E-state index contributed by atoms with van der Waals surface area (Å²) in [6.07, 6.45) is 0. The highest BCUT2D eigenvalue weighted by molar-refractivity contribution is 7.99. The number of ether oxygens (including phenoxy) is 1. The van der Waals surface area contributed by atoms with E-state index in [4.69, 9.17) is 16.3 Å². The number of aromatic nitrogens is 3. The number of rotatable bonds is 8. The lowest BCUT2D eigenvalue weighted by atomic mass is 10.2. The Balaban J connectivity index is 1.57. The quantitative estimate of drug-likeness (QED) is 0.306. The molecule has 1 N–H and O–H groups in total. The normalized spacial score (nSPS) is 10.8. The van der Waals surface area contributed by atoms with Crippen LogP contribution in [0, 0.1) is 6.92 Å². The van der Waals surface area contributed by atoms with Crippen molar-refractivity contribution in [2.75, 3.05) is 17.7 Å². The number of thioether (sulfide) groups is 1. The first kappa shape index (κ1) is 22.4. The number of halogens is 1. The number of benzene rings is 2. The predicted molar refractivity (Wildman–Crippen MR) is 131 cm³/mol. The maximum Gasteiger partial charge on any atom is 0.234 e. The van der Waals surface area contributed by atoms with Crippen molar-refractivity contribution >= 4 is 46.3 Å². The van der Waals surface area contributed by atoms with Gasteiger partial charge in [-0.3, -0.25) is 9.36 Å². The van der Waals surface area contributed by atoms with E-state index in [1.807, 2.05) is 72.3 Å². The van der Waals surface area contributed by atoms with Crippen molar-refractivity contribution in [2.45, 2.75) is 19.0 Å². The van der Waals surface area contributed by atoms with E-state index in [0.29, 0.717) is 22.5 Å². The van der Waals surface area contributed by atoms with Gasteiger partial charge in [-0.05, 0) is 67.3 Å². The molecule has 2 aromatic heterocycles. The van der Waals surface area contributed by atoms with Crippen molar-refractivity contribution < 1.29 is 9.53 Å². The average molecular weight is 485 g/mol. The second-order valence-corrected chi connectivity index (χ2v) is 9.09. The van der Waals surface area contributed by atoms with Gasteiger partial charge in [0.1, 0.15) is 5.75 Å². The van der Waals surface area contributed by atoms with Crippen molar-refractivity contribution in [1.82, 2.24) is 14.8 Å². The number of nitrogens with one attached hydrogen (secondary N) is 1. The predicted octanol–water partition coefficient (Wildman–Crippen LogP) is 6.09. The number of hydrogen-bond donors (Lipinski definition) is 1. The molecule has 6 nitrogen and oxygen atoms in total. The Bertz CT molecular complexity index is 1210. The van der Waals surface area contributed by atoms with Crippen molar-refractivity contribution in [1.29, 1.82) is 0 Å². The molecule has 0 aliphatic heterocycles. The minimum atomic E-state index is -0.140. The SMILES string of the molecule is CCOc1ccc(-n2c(SCC(=O)Nc3cccc(Cl)c3C)nnc2-c2cccs2)cc1. The van der Waals surface area contributed by atoms with E-state index in [2.05, 4.69) is 15.5 Å². The van der Waals surface area contributed by atoms with E-state index in [9.17, 15) is 4.79 Å². The number of amides is 1. The summed E-state index contributed by atoms with van der Waals surface area (Å²) in [5, 5.41) is 14.9. The highest BCUT2D eigenvalue weighted by atomic mass is 35.5. The van der Waals surface area contributed by atoms with Gasteiger partial charge in [-0.2, -0.15) is 0 Å². The zero-order valence-corrected chi connectivity index (χ0v) is 19.9. The maximum absolute atomic E-state index is 12.6. The molecule has 0 spiro atoms. The zero-order valence-electron chi connectivity index (χ0n) is 17.5. The van der Waals surface area contributed by atoms with Crippen LogP contribution in [0.15, 0.2) is 65.1 Å². The summed E-state index contributed by atoms with van der Waals surface area (Å²) >= 11 is 9.07. The molecule has 4 aromatic rings. The van der Waals surface area contributed by atoms with Gasteiger partial charge in [0.2, 0.25) is 5.91 Å². The topological polar surface area (TPSA) is 69.0 Å². The number of nitrogens with zero attached hydrogens (tertiary/aromatic N) is 3. The van der Waals surface area contributed by atoms with Gasteiger partial charge < -0.3 is 10.1 Å². The number of anilines is 1. The fourth-order valence-corrected chi connectivity index (χ4v) is 4.70. The first-order valence-electron chi connectivity index (χ1n) is 9.97. The van der Waals surface area contributed by atoms with Gasteiger partial charge in [-0.1, -0.05) is 35.5 Å². The molecule has 0 atom stereocenters. The van der Waals surface area contributed by atoms with Gasteiger partial charge in [-0.25, -0.2) is 0 Å². The molecule has 164 valence electrons. The lowest BCUT2D eigenvalue weighted by molar-refractivity contribution is -0.113. The van der Waals surface area contributed by atoms with Crippen molar-refractivity contribution in [2.24, 2.45) is 0 Å². The second kappa shape index (κ2) is 10.2. The van der Waals surface area contributed by atoms with Crippen LogP contribution < -0.4 is 10.1 Å². The molecule has 0 unspecified atom stereocenters. The molecule has 0 aliphatic carbocycles. The number of hydrogen-bond acceptors (Lipinski definition) is 6. The summed E-state index contributed by atoms with van der Waals surface area (Å²) < 4.78 is 7.52. The largest absolute Gasteiger partial charge is 0.494 e. The summed E-state index contributed by atoms with van der Waals surface area (Å²) in [6, 6.07) is 17.2. The number of carbonyl (C=O) groups excluding carboxylic acids is 1. The molecule has 0 fully saturated rings. The van der Waals surface area contributed by atoms with Crippen LogP contribution >= 0.6 is 34.7 Å². The van der Waals surface area contributed by atoms with Gasteiger partial charge in [0, 0.05) is 10.7 Å². The summed E-state index contributed by atoms with van der Waals surface area (Å²) in [5.41, 5.74) is 2.44. The molecule has 4 rings (SSSR count).